The molecule has 0 bridgehead atoms. The Balaban J connectivity index is 1.52. The summed E-state index contributed by atoms with van der Waals surface area (Å²) in [5.74, 6) is 0.807. The van der Waals surface area contributed by atoms with E-state index in [0.717, 1.165) is 0 Å². The van der Waals surface area contributed by atoms with Gasteiger partial charge in [0.1, 0.15) is 17.3 Å². The topological polar surface area (TPSA) is 45.5 Å². The second kappa shape index (κ2) is 8.97. The van der Waals surface area contributed by atoms with Crippen molar-refractivity contribution < 1.29 is 13.6 Å². The highest BCUT2D eigenvalue weighted by molar-refractivity contribution is 7.10. The molecule has 0 aliphatic carbocycles. The molecule has 0 saturated heterocycles. The molecule has 1 N–H and O–H groups in total. The van der Waals surface area contributed by atoms with Gasteiger partial charge in [-0.15, -0.1) is 11.3 Å². The van der Waals surface area contributed by atoms with Gasteiger partial charge in [-0.05, 0) is 49.8 Å². The number of nitrogens with zero attached hydrogens (tertiary/aromatic N) is 1. The van der Waals surface area contributed by atoms with Gasteiger partial charge in [0.05, 0.1) is 11.6 Å². The Labute approximate surface area is 162 Å². The Kier molecular flexibility index (Phi) is 6.42. The minimum Gasteiger partial charge on any atom is -0.461 e. The quantitative estimate of drug-likeness (QED) is 0.620. The third-order valence-electron chi connectivity index (χ3n) is 4.39. The van der Waals surface area contributed by atoms with Gasteiger partial charge < -0.3 is 14.6 Å². The number of thiophene rings is 1. The van der Waals surface area contributed by atoms with Crippen LogP contribution >= 0.6 is 11.3 Å². The summed E-state index contributed by atoms with van der Waals surface area (Å²) in [5, 5.41) is 5.03. The molecule has 1 aromatic carbocycles. The fourth-order valence-electron chi connectivity index (χ4n) is 2.87. The van der Waals surface area contributed by atoms with Crippen molar-refractivity contribution >= 4 is 17.2 Å². The second-order valence-electron chi connectivity index (χ2n) is 6.54. The van der Waals surface area contributed by atoms with Crippen molar-refractivity contribution in [2.75, 3.05) is 20.6 Å². The summed E-state index contributed by atoms with van der Waals surface area (Å²) in [5.41, 5.74) is 0.429. The monoisotopic (exact) mass is 386 g/mol. The van der Waals surface area contributed by atoms with Crippen molar-refractivity contribution in [2.24, 2.45) is 0 Å². The zero-order valence-corrected chi connectivity index (χ0v) is 16.3. The van der Waals surface area contributed by atoms with E-state index in [-0.39, 0.29) is 17.8 Å². The van der Waals surface area contributed by atoms with E-state index in [2.05, 4.69) is 16.3 Å². The van der Waals surface area contributed by atoms with Gasteiger partial charge in [0, 0.05) is 24.3 Å². The Hall–Kier alpha value is -2.44. The highest BCUT2D eigenvalue weighted by Crippen LogP contribution is 2.25. The summed E-state index contributed by atoms with van der Waals surface area (Å²) in [6, 6.07) is 14.3. The number of likely N-dealkylation sites (N-methyl/N-ethyl adjacent to an activating group) is 1. The van der Waals surface area contributed by atoms with Crippen molar-refractivity contribution in [1.82, 2.24) is 10.2 Å². The summed E-state index contributed by atoms with van der Waals surface area (Å²) < 4.78 is 19.5. The number of rotatable bonds is 8. The predicted octanol–water partition coefficient (Wildman–Crippen LogP) is 4.50. The van der Waals surface area contributed by atoms with Crippen LogP contribution in [0.15, 0.2) is 58.3 Å². The molecule has 0 saturated carbocycles. The van der Waals surface area contributed by atoms with E-state index in [1.165, 1.54) is 10.9 Å². The first-order valence-electron chi connectivity index (χ1n) is 8.84. The van der Waals surface area contributed by atoms with Crippen LogP contribution in [0.5, 0.6) is 0 Å². The van der Waals surface area contributed by atoms with E-state index >= 15 is 0 Å². The van der Waals surface area contributed by atoms with Crippen LogP contribution in [-0.2, 0) is 11.2 Å². The van der Waals surface area contributed by atoms with Gasteiger partial charge in [-0.25, -0.2) is 4.39 Å². The minimum absolute atomic E-state index is 0.0257. The van der Waals surface area contributed by atoms with Crippen LogP contribution in [-0.4, -0.2) is 31.4 Å². The van der Waals surface area contributed by atoms with Crippen molar-refractivity contribution in [1.29, 1.82) is 0 Å². The van der Waals surface area contributed by atoms with Gasteiger partial charge in [-0.3, -0.25) is 4.79 Å². The summed E-state index contributed by atoms with van der Waals surface area (Å²) in [4.78, 5) is 15.5. The number of halogens is 1. The third kappa shape index (κ3) is 5.05. The van der Waals surface area contributed by atoms with E-state index in [1.54, 1.807) is 41.7 Å². The molecular formula is C21H23FN2O2S. The summed E-state index contributed by atoms with van der Waals surface area (Å²) >= 11 is 1.68. The van der Waals surface area contributed by atoms with E-state index in [1.807, 2.05) is 25.5 Å². The molecule has 6 heteroatoms. The Morgan fingerprint density at radius 2 is 2.00 bits per heavy atom. The molecule has 27 heavy (non-hydrogen) atoms. The third-order valence-corrected chi connectivity index (χ3v) is 5.36. The maximum atomic E-state index is 13.8. The van der Waals surface area contributed by atoms with E-state index in [9.17, 15) is 9.18 Å². The van der Waals surface area contributed by atoms with E-state index in [0.29, 0.717) is 36.5 Å². The fourth-order valence-corrected chi connectivity index (χ4v) is 3.79. The van der Waals surface area contributed by atoms with Crippen LogP contribution in [0.4, 0.5) is 4.39 Å². The smallest absolute Gasteiger partial charge is 0.220 e. The molecule has 0 spiro atoms. The first kappa shape index (κ1) is 19.3. The molecule has 1 unspecified atom stereocenters. The summed E-state index contributed by atoms with van der Waals surface area (Å²) in [6.45, 7) is 0.560. The average molecular weight is 386 g/mol. The molecule has 3 rings (SSSR count). The van der Waals surface area contributed by atoms with Crippen molar-refractivity contribution in [3.05, 3.63) is 70.4 Å². The molecule has 0 fully saturated rings. The predicted molar refractivity (Wildman–Crippen MR) is 106 cm³/mol. The highest BCUT2D eigenvalue weighted by Gasteiger charge is 2.16. The lowest BCUT2D eigenvalue weighted by Gasteiger charge is -2.23. The van der Waals surface area contributed by atoms with E-state index in [4.69, 9.17) is 4.42 Å². The summed E-state index contributed by atoms with van der Waals surface area (Å²) in [7, 11) is 4.01. The molecule has 142 valence electrons. The zero-order chi connectivity index (χ0) is 19.2. The Bertz CT molecular complexity index is 874. The largest absolute Gasteiger partial charge is 0.461 e. The lowest BCUT2D eigenvalue weighted by molar-refractivity contribution is -0.121. The van der Waals surface area contributed by atoms with Crippen LogP contribution in [0.2, 0.25) is 0 Å². The molecule has 2 heterocycles. The number of furan rings is 1. The van der Waals surface area contributed by atoms with E-state index < -0.39 is 0 Å². The van der Waals surface area contributed by atoms with Gasteiger partial charge in [-0.2, -0.15) is 0 Å². The van der Waals surface area contributed by atoms with Crippen LogP contribution in [0.1, 0.15) is 23.1 Å². The molecule has 1 atom stereocenters. The van der Waals surface area contributed by atoms with Crippen LogP contribution in [0.25, 0.3) is 11.3 Å². The number of hydrogen-bond acceptors (Lipinski definition) is 4. The van der Waals surface area contributed by atoms with Crippen molar-refractivity contribution in [2.45, 2.75) is 18.9 Å². The average Bonchev–Trinajstić information content (AvgIpc) is 3.32. The van der Waals surface area contributed by atoms with Gasteiger partial charge >= 0.3 is 0 Å². The number of amides is 1. The van der Waals surface area contributed by atoms with Crippen LogP contribution < -0.4 is 5.32 Å². The van der Waals surface area contributed by atoms with Gasteiger partial charge in [0.25, 0.3) is 0 Å². The zero-order valence-electron chi connectivity index (χ0n) is 15.4. The molecule has 2 aromatic heterocycles. The number of carbonyl (C=O) groups excluding carboxylic acids is 1. The maximum Gasteiger partial charge on any atom is 0.220 e. The molecular weight excluding hydrogens is 363 g/mol. The number of benzene rings is 1. The lowest BCUT2D eigenvalue weighted by Crippen LogP contribution is -2.34. The van der Waals surface area contributed by atoms with Crippen molar-refractivity contribution in [3.8, 4) is 11.3 Å². The molecule has 4 nitrogen and oxygen atoms in total. The van der Waals surface area contributed by atoms with Crippen LogP contribution in [0, 0.1) is 5.82 Å². The molecule has 0 aliphatic heterocycles. The van der Waals surface area contributed by atoms with Crippen LogP contribution in [0.3, 0.4) is 0 Å². The molecule has 0 aliphatic rings. The SMILES string of the molecule is CN(C)C(CNC(=O)CCc1ccc(-c2ccccc2F)o1)c1cccs1. The standard InChI is InChI=1S/C21H23FN2O2S/c1-24(2)18(20-8-5-13-27-20)14-23-21(25)12-10-15-9-11-19(26-15)16-6-3-4-7-17(16)22/h3-9,11,13,18H,10,12,14H2,1-2H3,(H,23,25). The van der Waals surface area contributed by atoms with Gasteiger partial charge in [0.2, 0.25) is 5.91 Å². The second-order valence-corrected chi connectivity index (χ2v) is 7.52. The van der Waals surface area contributed by atoms with Gasteiger partial charge in [-0.1, -0.05) is 18.2 Å². The van der Waals surface area contributed by atoms with Crippen molar-refractivity contribution in [3.63, 3.8) is 0 Å². The molecule has 1 amide bonds. The first-order valence-corrected chi connectivity index (χ1v) is 9.72. The molecule has 3 aromatic rings. The highest BCUT2D eigenvalue weighted by atomic mass is 32.1. The minimum atomic E-state index is -0.320. The number of aryl methyl sites for hydroxylation is 1. The fraction of sp³-hybridized carbons (Fsp3) is 0.286. The summed E-state index contributed by atoms with van der Waals surface area (Å²) in [6.07, 6.45) is 0.806. The first-order chi connectivity index (χ1) is 13.0. The Morgan fingerprint density at radius 3 is 2.70 bits per heavy atom. The molecule has 0 radical (unpaired) electrons. The Morgan fingerprint density at radius 1 is 1.19 bits per heavy atom. The number of hydrogen-bond donors (Lipinski definition) is 1. The maximum absolute atomic E-state index is 13.8. The lowest BCUT2D eigenvalue weighted by atomic mass is 10.1. The van der Waals surface area contributed by atoms with Gasteiger partial charge in [0.15, 0.2) is 0 Å². The number of carbonyl (C=O) groups is 1. The normalized spacial score (nSPS) is 12.3. The number of nitrogens with one attached hydrogen (secondary N) is 1.